The van der Waals surface area contributed by atoms with Crippen molar-refractivity contribution in [2.45, 2.75) is 0 Å². The van der Waals surface area contributed by atoms with E-state index in [2.05, 4.69) is 9.97 Å². The van der Waals surface area contributed by atoms with Gasteiger partial charge >= 0.3 is 0 Å². The highest BCUT2D eigenvalue weighted by atomic mass is 19.1. The third-order valence-electron chi connectivity index (χ3n) is 1.73. The number of nitrogens with zero attached hydrogens (tertiary/aromatic N) is 2. The fourth-order valence-electron chi connectivity index (χ4n) is 1.06. The molecule has 0 unspecified atom stereocenters. The molecule has 0 fully saturated rings. The normalized spacial score (nSPS) is 9.93. The van der Waals surface area contributed by atoms with Crippen molar-refractivity contribution < 1.29 is 9.13 Å². The van der Waals surface area contributed by atoms with Crippen LogP contribution in [0.2, 0.25) is 0 Å². The molecule has 0 aliphatic carbocycles. The number of halogens is 1. The largest absolute Gasteiger partial charge is 0.435 e. The van der Waals surface area contributed by atoms with Gasteiger partial charge in [-0.3, -0.25) is 4.98 Å². The van der Waals surface area contributed by atoms with Gasteiger partial charge in [-0.25, -0.2) is 9.37 Å². The van der Waals surface area contributed by atoms with Crippen molar-refractivity contribution in [3.63, 3.8) is 0 Å². The summed E-state index contributed by atoms with van der Waals surface area (Å²) in [5.41, 5.74) is 5.78. The third-order valence-corrected chi connectivity index (χ3v) is 1.73. The van der Waals surface area contributed by atoms with Crippen LogP contribution in [-0.4, -0.2) is 9.97 Å². The Morgan fingerprint density at radius 1 is 1.27 bits per heavy atom. The SMILES string of the molecule is Nc1cc(F)ccc1Oc1cnccn1. The second-order valence-corrected chi connectivity index (χ2v) is 2.83. The Labute approximate surface area is 85.5 Å². The van der Waals surface area contributed by atoms with E-state index < -0.39 is 5.82 Å². The van der Waals surface area contributed by atoms with Crippen molar-refractivity contribution in [3.8, 4) is 11.6 Å². The fourth-order valence-corrected chi connectivity index (χ4v) is 1.06. The number of benzene rings is 1. The van der Waals surface area contributed by atoms with Gasteiger partial charge < -0.3 is 10.5 Å². The molecule has 0 saturated heterocycles. The molecule has 0 aliphatic heterocycles. The van der Waals surface area contributed by atoms with E-state index in [-0.39, 0.29) is 5.69 Å². The van der Waals surface area contributed by atoms with E-state index in [0.717, 1.165) is 0 Å². The number of aromatic nitrogens is 2. The summed E-state index contributed by atoms with van der Waals surface area (Å²) < 4.78 is 18.0. The van der Waals surface area contributed by atoms with Crippen LogP contribution in [-0.2, 0) is 0 Å². The summed E-state index contributed by atoms with van der Waals surface area (Å²) >= 11 is 0. The first-order chi connectivity index (χ1) is 7.25. The van der Waals surface area contributed by atoms with Gasteiger partial charge in [-0.1, -0.05) is 0 Å². The maximum Gasteiger partial charge on any atom is 0.237 e. The zero-order valence-electron chi connectivity index (χ0n) is 7.72. The first-order valence-electron chi connectivity index (χ1n) is 4.24. The van der Waals surface area contributed by atoms with Crippen LogP contribution in [0.4, 0.5) is 10.1 Å². The lowest BCUT2D eigenvalue weighted by Crippen LogP contribution is -1.94. The molecule has 0 amide bonds. The lowest BCUT2D eigenvalue weighted by Gasteiger charge is -2.06. The summed E-state index contributed by atoms with van der Waals surface area (Å²) in [6.45, 7) is 0. The average molecular weight is 205 g/mol. The summed E-state index contributed by atoms with van der Waals surface area (Å²) in [4.78, 5) is 7.73. The zero-order valence-corrected chi connectivity index (χ0v) is 7.72. The second kappa shape index (κ2) is 3.91. The molecule has 1 aromatic heterocycles. The van der Waals surface area contributed by atoms with Gasteiger partial charge in [0.15, 0.2) is 5.75 Å². The number of rotatable bonds is 2. The van der Waals surface area contributed by atoms with Crippen LogP contribution in [0, 0.1) is 5.82 Å². The highest BCUT2D eigenvalue weighted by Gasteiger charge is 2.03. The monoisotopic (exact) mass is 205 g/mol. The predicted molar refractivity (Wildman–Crippen MR) is 52.9 cm³/mol. The summed E-state index contributed by atoms with van der Waals surface area (Å²) in [5.74, 6) is 0.270. The van der Waals surface area contributed by atoms with Crippen LogP contribution in [0.25, 0.3) is 0 Å². The van der Waals surface area contributed by atoms with E-state index in [4.69, 9.17) is 10.5 Å². The minimum atomic E-state index is -0.404. The molecule has 0 spiro atoms. The lowest BCUT2D eigenvalue weighted by atomic mass is 10.3. The molecule has 0 saturated carbocycles. The summed E-state index contributed by atoms with van der Waals surface area (Å²) in [7, 11) is 0. The van der Waals surface area contributed by atoms with Crippen LogP contribution < -0.4 is 10.5 Å². The Morgan fingerprint density at radius 3 is 2.80 bits per heavy atom. The molecule has 2 aromatic rings. The fraction of sp³-hybridized carbons (Fsp3) is 0. The predicted octanol–water partition coefficient (Wildman–Crippen LogP) is 1.99. The molecule has 4 nitrogen and oxygen atoms in total. The van der Waals surface area contributed by atoms with Crippen molar-refractivity contribution in [1.82, 2.24) is 9.97 Å². The number of hydrogen-bond acceptors (Lipinski definition) is 4. The standard InChI is InChI=1S/C10H8FN3O/c11-7-1-2-9(8(12)5-7)15-10-6-13-3-4-14-10/h1-6H,12H2. The van der Waals surface area contributed by atoms with Gasteiger partial charge in [-0.05, 0) is 12.1 Å². The maximum absolute atomic E-state index is 12.7. The minimum absolute atomic E-state index is 0.223. The quantitative estimate of drug-likeness (QED) is 0.761. The zero-order chi connectivity index (χ0) is 10.7. The smallest absolute Gasteiger partial charge is 0.237 e. The molecule has 0 radical (unpaired) electrons. The van der Waals surface area contributed by atoms with Crippen molar-refractivity contribution in [3.05, 3.63) is 42.6 Å². The van der Waals surface area contributed by atoms with Gasteiger partial charge in [0.1, 0.15) is 5.82 Å². The highest BCUT2D eigenvalue weighted by molar-refractivity contribution is 5.53. The van der Waals surface area contributed by atoms with E-state index >= 15 is 0 Å². The Kier molecular flexibility index (Phi) is 2.45. The van der Waals surface area contributed by atoms with Crippen LogP contribution in [0.3, 0.4) is 0 Å². The Balaban J connectivity index is 2.25. The maximum atomic E-state index is 12.7. The molecule has 2 N–H and O–H groups in total. The van der Waals surface area contributed by atoms with E-state index in [0.29, 0.717) is 11.6 Å². The summed E-state index contributed by atoms with van der Waals surface area (Å²) in [6.07, 6.45) is 4.47. The molecular formula is C10H8FN3O. The average Bonchev–Trinajstić information content (AvgIpc) is 2.24. The van der Waals surface area contributed by atoms with Crippen molar-refractivity contribution in [1.29, 1.82) is 0 Å². The van der Waals surface area contributed by atoms with E-state index in [9.17, 15) is 4.39 Å². The van der Waals surface area contributed by atoms with Crippen LogP contribution >= 0.6 is 0 Å². The van der Waals surface area contributed by atoms with Crippen LogP contribution in [0.15, 0.2) is 36.8 Å². The van der Waals surface area contributed by atoms with E-state index in [1.165, 1.54) is 36.8 Å². The Morgan fingerprint density at radius 2 is 2.13 bits per heavy atom. The molecular weight excluding hydrogens is 197 g/mol. The number of anilines is 1. The van der Waals surface area contributed by atoms with Gasteiger partial charge in [0, 0.05) is 18.5 Å². The van der Waals surface area contributed by atoms with Gasteiger partial charge in [0.25, 0.3) is 0 Å². The minimum Gasteiger partial charge on any atom is -0.435 e. The van der Waals surface area contributed by atoms with Gasteiger partial charge in [0.05, 0.1) is 11.9 Å². The molecule has 0 bridgehead atoms. The number of ether oxygens (including phenoxy) is 1. The van der Waals surface area contributed by atoms with Crippen molar-refractivity contribution >= 4 is 5.69 Å². The van der Waals surface area contributed by atoms with Crippen molar-refractivity contribution in [2.75, 3.05) is 5.73 Å². The summed E-state index contributed by atoms with van der Waals surface area (Å²) in [6, 6.07) is 3.90. The highest BCUT2D eigenvalue weighted by Crippen LogP contribution is 2.25. The second-order valence-electron chi connectivity index (χ2n) is 2.83. The van der Waals surface area contributed by atoms with E-state index in [1.807, 2.05) is 0 Å². The van der Waals surface area contributed by atoms with Crippen LogP contribution in [0.5, 0.6) is 11.6 Å². The molecule has 0 aliphatic rings. The molecule has 1 aromatic carbocycles. The molecule has 15 heavy (non-hydrogen) atoms. The molecule has 76 valence electrons. The molecule has 2 rings (SSSR count). The van der Waals surface area contributed by atoms with E-state index in [1.54, 1.807) is 0 Å². The first kappa shape index (κ1) is 9.39. The summed E-state index contributed by atoms with van der Waals surface area (Å²) in [5, 5.41) is 0. The number of nitrogen functional groups attached to an aromatic ring is 1. The number of nitrogens with two attached hydrogens (primary N) is 1. The van der Waals surface area contributed by atoms with Crippen molar-refractivity contribution in [2.24, 2.45) is 0 Å². The molecule has 0 atom stereocenters. The topological polar surface area (TPSA) is 61.0 Å². The Bertz CT molecular complexity index is 461. The Hall–Kier alpha value is -2.17. The first-order valence-corrected chi connectivity index (χ1v) is 4.24. The lowest BCUT2D eigenvalue weighted by molar-refractivity contribution is 0.461. The van der Waals surface area contributed by atoms with Gasteiger partial charge in [-0.15, -0.1) is 0 Å². The van der Waals surface area contributed by atoms with Crippen LogP contribution in [0.1, 0.15) is 0 Å². The third kappa shape index (κ3) is 2.19. The van der Waals surface area contributed by atoms with Gasteiger partial charge in [0.2, 0.25) is 5.88 Å². The van der Waals surface area contributed by atoms with Gasteiger partial charge in [-0.2, -0.15) is 0 Å². The molecule has 5 heteroatoms. The molecule has 1 heterocycles. The number of hydrogen-bond donors (Lipinski definition) is 1.